The molecule has 0 amide bonds. The van der Waals surface area contributed by atoms with E-state index in [-0.39, 0.29) is 48.6 Å². The third-order valence-electron chi connectivity index (χ3n) is 3.56. The summed E-state index contributed by atoms with van der Waals surface area (Å²) in [6.07, 6.45) is 2.85. The van der Waals surface area contributed by atoms with E-state index in [1.807, 2.05) is 0 Å². The van der Waals surface area contributed by atoms with E-state index in [1.54, 1.807) is 0 Å². The van der Waals surface area contributed by atoms with E-state index >= 15 is 0 Å². The van der Waals surface area contributed by atoms with Crippen LogP contribution in [-0.2, 0) is 28.7 Å². The maximum Gasteiger partial charge on any atom is 0.309 e. The standard InChI is InChI=1S/C14H18O6/c15-9(3-5-11-7-13(17)19-11)1-2-10(16)4-6-12-8-14(18)20-12/h11-12H,1-8H2. The van der Waals surface area contributed by atoms with Gasteiger partial charge in [-0.25, -0.2) is 0 Å². The smallest absolute Gasteiger partial charge is 0.309 e. The second kappa shape index (κ2) is 6.63. The number of carbonyl (C=O) groups excluding carboxylic acids is 4. The van der Waals surface area contributed by atoms with E-state index in [4.69, 9.17) is 9.47 Å². The van der Waals surface area contributed by atoms with Crippen molar-refractivity contribution in [1.29, 1.82) is 0 Å². The van der Waals surface area contributed by atoms with Gasteiger partial charge in [0, 0.05) is 25.7 Å². The highest BCUT2D eigenvalue weighted by atomic mass is 16.6. The lowest BCUT2D eigenvalue weighted by molar-refractivity contribution is -0.171. The molecule has 110 valence electrons. The van der Waals surface area contributed by atoms with Crippen LogP contribution < -0.4 is 0 Å². The molecule has 0 aliphatic carbocycles. The summed E-state index contributed by atoms with van der Waals surface area (Å²) in [4.78, 5) is 44.2. The van der Waals surface area contributed by atoms with E-state index < -0.39 is 0 Å². The van der Waals surface area contributed by atoms with Crippen LogP contribution in [0.5, 0.6) is 0 Å². The van der Waals surface area contributed by atoms with Gasteiger partial charge in [-0.05, 0) is 12.8 Å². The summed E-state index contributed by atoms with van der Waals surface area (Å²) in [5.74, 6) is -0.378. The number of Topliss-reactive ketones (excluding diaryl/α,β-unsaturated/α-hetero) is 2. The van der Waals surface area contributed by atoms with Gasteiger partial charge in [0.15, 0.2) is 0 Å². The van der Waals surface area contributed by atoms with Gasteiger partial charge in [0.1, 0.15) is 23.8 Å². The van der Waals surface area contributed by atoms with E-state index in [0.717, 1.165) is 0 Å². The van der Waals surface area contributed by atoms with Gasteiger partial charge in [0.05, 0.1) is 12.8 Å². The first kappa shape index (κ1) is 14.7. The third kappa shape index (κ3) is 4.43. The molecule has 2 rings (SSSR count). The average molecular weight is 282 g/mol. The summed E-state index contributed by atoms with van der Waals surface area (Å²) in [5, 5.41) is 0. The zero-order valence-electron chi connectivity index (χ0n) is 11.3. The SMILES string of the molecule is O=C(CCC(=O)CCC1CC(=O)O1)CCC1CC(=O)O1. The number of rotatable bonds is 9. The molecule has 0 bridgehead atoms. The summed E-state index contributed by atoms with van der Waals surface area (Å²) in [6.45, 7) is 0. The molecule has 0 aromatic rings. The average Bonchev–Trinajstić information content (AvgIpc) is 2.34. The predicted molar refractivity (Wildman–Crippen MR) is 66.7 cm³/mol. The van der Waals surface area contributed by atoms with Crippen molar-refractivity contribution >= 4 is 23.5 Å². The molecule has 2 unspecified atom stereocenters. The van der Waals surface area contributed by atoms with Crippen LogP contribution in [0.2, 0.25) is 0 Å². The monoisotopic (exact) mass is 282 g/mol. The van der Waals surface area contributed by atoms with Crippen molar-refractivity contribution in [2.24, 2.45) is 0 Å². The molecule has 2 aliphatic heterocycles. The molecule has 6 nitrogen and oxygen atoms in total. The molecule has 0 aromatic carbocycles. The van der Waals surface area contributed by atoms with Gasteiger partial charge in [0.25, 0.3) is 0 Å². The number of ether oxygens (including phenoxy) is 2. The van der Waals surface area contributed by atoms with Gasteiger partial charge in [-0.1, -0.05) is 0 Å². The number of ketones is 2. The van der Waals surface area contributed by atoms with Crippen molar-refractivity contribution in [3.63, 3.8) is 0 Å². The van der Waals surface area contributed by atoms with Crippen LogP contribution in [-0.4, -0.2) is 35.7 Å². The van der Waals surface area contributed by atoms with Gasteiger partial charge < -0.3 is 9.47 Å². The van der Waals surface area contributed by atoms with E-state index in [0.29, 0.717) is 38.5 Å². The van der Waals surface area contributed by atoms with Gasteiger partial charge in [-0.2, -0.15) is 0 Å². The minimum Gasteiger partial charge on any atom is -0.462 e. The lowest BCUT2D eigenvalue weighted by Crippen LogP contribution is -2.33. The number of hydrogen-bond acceptors (Lipinski definition) is 6. The van der Waals surface area contributed by atoms with Crippen LogP contribution >= 0.6 is 0 Å². The Hall–Kier alpha value is -1.72. The Morgan fingerprint density at radius 1 is 0.800 bits per heavy atom. The van der Waals surface area contributed by atoms with Crippen LogP contribution in [0, 0.1) is 0 Å². The first-order chi connectivity index (χ1) is 9.52. The van der Waals surface area contributed by atoms with Gasteiger partial charge in [0.2, 0.25) is 0 Å². The summed E-state index contributed by atoms with van der Waals surface area (Å²) in [5.41, 5.74) is 0. The lowest BCUT2D eigenvalue weighted by atomic mass is 9.99. The molecule has 0 spiro atoms. The minimum absolute atomic E-state index is 0.0244. The second-order valence-corrected chi connectivity index (χ2v) is 5.29. The maximum atomic E-state index is 11.6. The molecular weight excluding hydrogens is 264 g/mol. The zero-order chi connectivity index (χ0) is 14.5. The highest BCUT2D eigenvalue weighted by Crippen LogP contribution is 2.20. The van der Waals surface area contributed by atoms with Crippen molar-refractivity contribution in [3.05, 3.63) is 0 Å². The molecule has 0 saturated carbocycles. The van der Waals surface area contributed by atoms with Gasteiger partial charge >= 0.3 is 11.9 Å². The van der Waals surface area contributed by atoms with Crippen molar-refractivity contribution in [2.75, 3.05) is 0 Å². The highest BCUT2D eigenvalue weighted by molar-refractivity contribution is 5.86. The van der Waals surface area contributed by atoms with Crippen molar-refractivity contribution < 1.29 is 28.7 Å². The fourth-order valence-electron chi connectivity index (χ4n) is 2.22. The van der Waals surface area contributed by atoms with Crippen LogP contribution in [0.15, 0.2) is 0 Å². The Morgan fingerprint density at radius 3 is 1.45 bits per heavy atom. The molecule has 2 aliphatic rings. The molecule has 0 aromatic heterocycles. The van der Waals surface area contributed by atoms with E-state index in [2.05, 4.69) is 0 Å². The van der Waals surface area contributed by atoms with Crippen LogP contribution in [0.4, 0.5) is 0 Å². The lowest BCUT2D eigenvalue weighted by Gasteiger charge is -2.25. The molecular formula is C14H18O6. The summed E-state index contributed by atoms with van der Waals surface area (Å²) in [7, 11) is 0. The number of hydrogen-bond donors (Lipinski definition) is 0. The molecule has 0 radical (unpaired) electrons. The van der Waals surface area contributed by atoms with Crippen molar-refractivity contribution in [1.82, 2.24) is 0 Å². The molecule has 2 atom stereocenters. The van der Waals surface area contributed by atoms with E-state index in [1.165, 1.54) is 0 Å². The Labute approximate surface area is 116 Å². The first-order valence-electron chi connectivity index (χ1n) is 6.95. The van der Waals surface area contributed by atoms with E-state index in [9.17, 15) is 19.2 Å². The Balaban J connectivity index is 1.48. The fraction of sp³-hybridized carbons (Fsp3) is 0.714. The molecule has 2 heterocycles. The normalized spacial score (nSPS) is 24.2. The second-order valence-electron chi connectivity index (χ2n) is 5.29. The maximum absolute atomic E-state index is 11.6. The summed E-state index contributed by atoms with van der Waals surface area (Å²) < 4.78 is 9.62. The zero-order valence-corrected chi connectivity index (χ0v) is 11.3. The topological polar surface area (TPSA) is 86.7 Å². The number of esters is 2. The van der Waals surface area contributed by atoms with Crippen LogP contribution in [0.25, 0.3) is 0 Å². The summed E-state index contributed by atoms with van der Waals surface area (Å²) in [6, 6.07) is 0. The Kier molecular flexibility index (Phi) is 4.87. The molecule has 20 heavy (non-hydrogen) atoms. The molecule has 2 fully saturated rings. The molecule has 0 N–H and O–H groups in total. The largest absolute Gasteiger partial charge is 0.462 e. The predicted octanol–water partition coefficient (Wildman–Crippen LogP) is 1.10. The fourth-order valence-corrected chi connectivity index (χ4v) is 2.22. The van der Waals surface area contributed by atoms with Gasteiger partial charge in [-0.3, -0.25) is 19.2 Å². The quantitative estimate of drug-likeness (QED) is 0.588. The minimum atomic E-state index is -0.214. The Morgan fingerprint density at radius 2 is 1.15 bits per heavy atom. The van der Waals surface area contributed by atoms with Gasteiger partial charge in [-0.15, -0.1) is 0 Å². The van der Waals surface area contributed by atoms with Crippen LogP contribution in [0.1, 0.15) is 51.4 Å². The van der Waals surface area contributed by atoms with Crippen LogP contribution in [0.3, 0.4) is 0 Å². The van der Waals surface area contributed by atoms with Crippen molar-refractivity contribution in [2.45, 2.75) is 63.6 Å². The number of carbonyl (C=O) groups is 4. The third-order valence-corrected chi connectivity index (χ3v) is 3.56. The number of cyclic esters (lactones) is 2. The Bertz CT molecular complexity index is 371. The van der Waals surface area contributed by atoms with Crippen molar-refractivity contribution in [3.8, 4) is 0 Å². The first-order valence-corrected chi connectivity index (χ1v) is 6.95. The molecule has 6 heteroatoms. The summed E-state index contributed by atoms with van der Waals surface area (Å²) >= 11 is 0. The highest BCUT2D eigenvalue weighted by Gasteiger charge is 2.29. The molecule has 2 saturated heterocycles.